The zero-order chi connectivity index (χ0) is 21.7. The highest BCUT2D eigenvalue weighted by molar-refractivity contribution is 7.09. The van der Waals surface area contributed by atoms with Gasteiger partial charge in [0.2, 0.25) is 0 Å². The van der Waals surface area contributed by atoms with Crippen molar-refractivity contribution in [1.82, 2.24) is 9.88 Å². The Morgan fingerprint density at radius 3 is 2.77 bits per heavy atom. The first-order valence-electron chi connectivity index (χ1n) is 9.11. The number of esters is 1. The van der Waals surface area contributed by atoms with Crippen molar-refractivity contribution in [3.63, 3.8) is 0 Å². The van der Waals surface area contributed by atoms with Crippen molar-refractivity contribution in [2.45, 2.75) is 24.9 Å². The standard InChI is InChI=1S/C19H21F3N2O5S/c1-27-17(26)10-29-13-4-2-12(3-5-13)8-16(25)24-6-7-28-15(9-24)14-11-30-18(23-14)19(20,21)22/h2-5,11,15-16,25H,6-10H2,1H3. The number of hydrogen-bond acceptors (Lipinski definition) is 8. The van der Waals surface area contributed by atoms with Crippen molar-refractivity contribution in [3.05, 3.63) is 45.9 Å². The molecule has 11 heteroatoms. The fraction of sp³-hybridized carbons (Fsp3) is 0.474. The molecular formula is C19H21F3N2O5S. The third kappa shape index (κ3) is 5.91. The summed E-state index contributed by atoms with van der Waals surface area (Å²) in [5.74, 6) is 0.00733. The van der Waals surface area contributed by atoms with Crippen molar-refractivity contribution in [3.8, 4) is 5.75 Å². The number of thiazole rings is 1. The van der Waals surface area contributed by atoms with E-state index in [9.17, 15) is 23.1 Å². The van der Waals surface area contributed by atoms with E-state index in [-0.39, 0.29) is 25.5 Å². The van der Waals surface area contributed by atoms with Gasteiger partial charge in [-0.2, -0.15) is 13.2 Å². The molecule has 3 rings (SSSR count). The van der Waals surface area contributed by atoms with Gasteiger partial charge in [0, 0.05) is 24.9 Å². The number of halogens is 3. The minimum Gasteiger partial charge on any atom is -0.482 e. The second-order valence-corrected chi connectivity index (χ2v) is 7.48. The average Bonchev–Trinajstić information content (AvgIpc) is 3.24. The van der Waals surface area contributed by atoms with Gasteiger partial charge in [-0.05, 0) is 17.7 Å². The van der Waals surface area contributed by atoms with Crippen LogP contribution in [0.25, 0.3) is 0 Å². The molecule has 0 bridgehead atoms. The van der Waals surface area contributed by atoms with Gasteiger partial charge in [0.05, 0.1) is 19.4 Å². The van der Waals surface area contributed by atoms with E-state index in [1.54, 1.807) is 29.2 Å². The van der Waals surface area contributed by atoms with Crippen molar-refractivity contribution in [2.75, 3.05) is 33.4 Å². The summed E-state index contributed by atoms with van der Waals surface area (Å²) in [6.07, 6.45) is -5.63. The van der Waals surface area contributed by atoms with Crippen LogP contribution in [0.3, 0.4) is 0 Å². The number of aliphatic hydroxyl groups is 1. The van der Waals surface area contributed by atoms with Gasteiger partial charge >= 0.3 is 12.1 Å². The Bertz CT molecular complexity index is 843. The zero-order valence-electron chi connectivity index (χ0n) is 16.1. The van der Waals surface area contributed by atoms with E-state index in [0.29, 0.717) is 30.1 Å². The van der Waals surface area contributed by atoms with Gasteiger partial charge in [-0.25, -0.2) is 9.78 Å². The summed E-state index contributed by atoms with van der Waals surface area (Å²) in [6, 6.07) is 6.90. The summed E-state index contributed by atoms with van der Waals surface area (Å²) < 4.78 is 53.7. The highest BCUT2D eigenvalue weighted by Crippen LogP contribution is 2.34. The molecule has 1 fully saturated rings. The van der Waals surface area contributed by atoms with Gasteiger partial charge in [0.15, 0.2) is 11.6 Å². The van der Waals surface area contributed by atoms with Gasteiger partial charge in [0.25, 0.3) is 0 Å². The molecule has 1 aliphatic heterocycles. The van der Waals surface area contributed by atoms with Crippen LogP contribution in [0.5, 0.6) is 5.75 Å². The number of aromatic nitrogens is 1. The van der Waals surface area contributed by atoms with Gasteiger partial charge in [-0.15, -0.1) is 11.3 Å². The number of methoxy groups -OCH3 is 1. The lowest BCUT2D eigenvalue weighted by Crippen LogP contribution is -2.45. The number of rotatable bonds is 7. The average molecular weight is 446 g/mol. The molecule has 0 amide bonds. The van der Waals surface area contributed by atoms with Crippen LogP contribution in [-0.4, -0.2) is 60.6 Å². The maximum atomic E-state index is 12.8. The van der Waals surface area contributed by atoms with E-state index in [0.717, 1.165) is 5.56 Å². The van der Waals surface area contributed by atoms with Crippen LogP contribution in [-0.2, 0) is 26.9 Å². The fourth-order valence-electron chi connectivity index (χ4n) is 2.95. The van der Waals surface area contributed by atoms with E-state index >= 15 is 0 Å². The van der Waals surface area contributed by atoms with Crippen molar-refractivity contribution in [2.24, 2.45) is 0 Å². The van der Waals surface area contributed by atoms with Gasteiger partial charge in [-0.1, -0.05) is 12.1 Å². The van der Waals surface area contributed by atoms with E-state index in [1.165, 1.54) is 12.5 Å². The Hall–Kier alpha value is -2.21. The first-order chi connectivity index (χ1) is 14.3. The highest BCUT2D eigenvalue weighted by Gasteiger charge is 2.36. The predicted octanol–water partition coefficient (Wildman–Crippen LogP) is 2.65. The SMILES string of the molecule is COC(=O)COc1ccc(CC(O)N2CCOC(c3csc(C(F)(F)F)n3)C2)cc1. The van der Waals surface area contributed by atoms with E-state index in [2.05, 4.69) is 9.72 Å². The third-order valence-corrected chi connectivity index (χ3v) is 5.45. The molecule has 1 aliphatic rings. The Labute approximate surface area is 175 Å². The van der Waals surface area contributed by atoms with Crippen LogP contribution in [0.2, 0.25) is 0 Å². The largest absolute Gasteiger partial charge is 0.482 e. The number of hydrogen-bond donors (Lipinski definition) is 1. The molecule has 1 aromatic heterocycles. The summed E-state index contributed by atoms with van der Waals surface area (Å²) in [7, 11) is 1.27. The number of ether oxygens (including phenoxy) is 3. The lowest BCUT2D eigenvalue weighted by atomic mass is 10.1. The number of alkyl halides is 3. The number of benzene rings is 1. The molecule has 0 spiro atoms. The molecule has 2 aromatic rings. The second kappa shape index (κ2) is 9.73. The summed E-state index contributed by atoms with van der Waals surface area (Å²) >= 11 is 0.533. The van der Waals surface area contributed by atoms with Gasteiger partial charge in [0.1, 0.15) is 18.1 Å². The molecule has 2 heterocycles. The molecule has 7 nitrogen and oxygen atoms in total. The monoisotopic (exact) mass is 446 g/mol. The molecular weight excluding hydrogens is 425 g/mol. The van der Waals surface area contributed by atoms with Gasteiger partial charge in [-0.3, -0.25) is 4.90 Å². The van der Waals surface area contributed by atoms with Gasteiger partial charge < -0.3 is 19.3 Å². The Morgan fingerprint density at radius 1 is 1.40 bits per heavy atom. The Balaban J connectivity index is 1.55. The maximum Gasteiger partial charge on any atom is 0.443 e. The minimum absolute atomic E-state index is 0.194. The minimum atomic E-state index is -4.48. The second-order valence-electron chi connectivity index (χ2n) is 6.62. The third-order valence-electron chi connectivity index (χ3n) is 4.54. The van der Waals surface area contributed by atoms with Crippen LogP contribution in [0.15, 0.2) is 29.6 Å². The Morgan fingerprint density at radius 2 is 2.13 bits per heavy atom. The van der Waals surface area contributed by atoms with Crippen LogP contribution >= 0.6 is 11.3 Å². The van der Waals surface area contributed by atoms with Crippen LogP contribution in [0.1, 0.15) is 22.4 Å². The molecule has 1 saturated heterocycles. The summed E-state index contributed by atoms with van der Waals surface area (Å²) in [5, 5.41) is 11.0. The van der Waals surface area contributed by atoms with Crippen molar-refractivity contribution >= 4 is 17.3 Å². The first kappa shape index (κ1) is 22.5. The lowest BCUT2D eigenvalue weighted by molar-refractivity contribution is -0.143. The quantitative estimate of drug-likeness (QED) is 0.655. The van der Waals surface area contributed by atoms with Crippen LogP contribution in [0, 0.1) is 0 Å². The number of morpholine rings is 1. The van der Waals surface area contributed by atoms with Crippen LogP contribution in [0.4, 0.5) is 13.2 Å². The fourth-order valence-corrected chi connectivity index (χ4v) is 3.67. The molecule has 164 valence electrons. The van der Waals surface area contributed by atoms with E-state index < -0.39 is 29.5 Å². The number of aliphatic hydroxyl groups excluding tert-OH is 1. The van der Waals surface area contributed by atoms with E-state index in [4.69, 9.17) is 9.47 Å². The molecule has 2 unspecified atom stereocenters. The zero-order valence-corrected chi connectivity index (χ0v) is 16.9. The van der Waals surface area contributed by atoms with Crippen LogP contribution < -0.4 is 4.74 Å². The molecule has 1 N–H and O–H groups in total. The summed E-state index contributed by atoms with van der Waals surface area (Å²) in [4.78, 5) is 16.5. The molecule has 0 aliphatic carbocycles. The maximum absolute atomic E-state index is 12.8. The topological polar surface area (TPSA) is 81.1 Å². The summed E-state index contributed by atoms with van der Waals surface area (Å²) in [6.45, 7) is 0.776. The smallest absolute Gasteiger partial charge is 0.443 e. The molecule has 2 atom stereocenters. The Kier molecular flexibility index (Phi) is 7.29. The molecule has 0 saturated carbocycles. The number of nitrogens with zero attached hydrogens (tertiary/aromatic N) is 2. The molecule has 0 radical (unpaired) electrons. The lowest BCUT2D eigenvalue weighted by Gasteiger charge is -2.35. The van der Waals surface area contributed by atoms with E-state index in [1.807, 2.05) is 0 Å². The number of carbonyl (C=O) groups excluding carboxylic acids is 1. The molecule has 30 heavy (non-hydrogen) atoms. The van der Waals surface area contributed by atoms with Crippen molar-refractivity contribution < 1.29 is 37.3 Å². The van der Waals surface area contributed by atoms with Crippen molar-refractivity contribution in [1.29, 1.82) is 0 Å². The number of carbonyl (C=O) groups is 1. The summed E-state index contributed by atoms with van der Waals surface area (Å²) in [5.41, 5.74) is 1.06. The predicted molar refractivity (Wildman–Crippen MR) is 101 cm³/mol. The highest BCUT2D eigenvalue weighted by atomic mass is 32.1. The first-order valence-corrected chi connectivity index (χ1v) is 9.99. The normalized spacial score (nSPS) is 18.8. The molecule has 1 aromatic carbocycles.